The third kappa shape index (κ3) is 2.71. The predicted molar refractivity (Wildman–Crippen MR) is 81.7 cm³/mol. The third-order valence-electron chi connectivity index (χ3n) is 2.95. The molecule has 0 radical (unpaired) electrons. The Morgan fingerprint density at radius 1 is 1.00 bits per heavy atom. The molecule has 0 aliphatic rings. The highest BCUT2D eigenvalue weighted by Crippen LogP contribution is 2.33. The lowest BCUT2D eigenvalue weighted by Gasteiger charge is -1.97. The Bertz CT molecular complexity index is 782. The minimum Gasteiger partial charge on any atom is -0.435 e. The van der Waals surface area contributed by atoms with Crippen LogP contribution in [0.1, 0.15) is 0 Å². The standard InChI is InChI=1S/C15H9BrN2O3/c16-14-13(10-6-8-12(9-7-10)18(19)20)21-15(17-14)11-4-2-1-3-5-11/h1-9H. The van der Waals surface area contributed by atoms with Crippen LogP contribution in [0, 0.1) is 10.1 Å². The molecule has 0 spiro atoms. The number of non-ortho nitro benzene ring substituents is 1. The zero-order valence-electron chi connectivity index (χ0n) is 10.7. The van der Waals surface area contributed by atoms with Crippen molar-refractivity contribution in [3.63, 3.8) is 0 Å². The lowest BCUT2D eigenvalue weighted by Crippen LogP contribution is -1.86. The molecule has 21 heavy (non-hydrogen) atoms. The third-order valence-corrected chi connectivity index (χ3v) is 3.48. The van der Waals surface area contributed by atoms with E-state index in [1.54, 1.807) is 12.1 Å². The summed E-state index contributed by atoms with van der Waals surface area (Å²) in [5.74, 6) is 1.04. The molecule has 0 saturated heterocycles. The smallest absolute Gasteiger partial charge is 0.269 e. The van der Waals surface area contributed by atoms with Gasteiger partial charge in [0.1, 0.15) is 0 Å². The number of rotatable bonds is 3. The Morgan fingerprint density at radius 3 is 2.29 bits per heavy atom. The quantitative estimate of drug-likeness (QED) is 0.511. The van der Waals surface area contributed by atoms with Gasteiger partial charge >= 0.3 is 0 Å². The summed E-state index contributed by atoms with van der Waals surface area (Å²) in [4.78, 5) is 14.6. The lowest BCUT2D eigenvalue weighted by atomic mass is 10.2. The molecule has 0 saturated carbocycles. The number of nitro groups is 1. The molecule has 0 fully saturated rings. The van der Waals surface area contributed by atoms with Crippen molar-refractivity contribution in [2.45, 2.75) is 0 Å². The van der Waals surface area contributed by atoms with E-state index in [0.29, 0.717) is 16.3 Å². The largest absolute Gasteiger partial charge is 0.435 e. The van der Waals surface area contributed by atoms with E-state index >= 15 is 0 Å². The zero-order valence-corrected chi connectivity index (χ0v) is 12.3. The summed E-state index contributed by atoms with van der Waals surface area (Å²) in [5, 5.41) is 10.7. The summed E-state index contributed by atoms with van der Waals surface area (Å²) >= 11 is 3.36. The summed E-state index contributed by atoms with van der Waals surface area (Å²) in [7, 11) is 0. The maximum atomic E-state index is 10.7. The van der Waals surface area contributed by atoms with E-state index < -0.39 is 4.92 Å². The maximum absolute atomic E-state index is 10.7. The summed E-state index contributed by atoms with van der Waals surface area (Å²) in [5.41, 5.74) is 1.63. The van der Waals surface area contributed by atoms with Crippen LogP contribution in [0.25, 0.3) is 22.8 Å². The monoisotopic (exact) mass is 344 g/mol. The average molecular weight is 345 g/mol. The van der Waals surface area contributed by atoms with Gasteiger partial charge in [-0.05, 0) is 40.2 Å². The number of oxazole rings is 1. The number of hydrogen-bond acceptors (Lipinski definition) is 4. The minimum atomic E-state index is -0.436. The summed E-state index contributed by atoms with van der Waals surface area (Å²) in [6.07, 6.45) is 0. The van der Waals surface area contributed by atoms with Crippen LogP contribution in [0.2, 0.25) is 0 Å². The molecule has 0 aliphatic carbocycles. The van der Waals surface area contributed by atoms with Gasteiger partial charge in [0.15, 0.2) is 10.4 Å². The van der Waals surface area contributed by atoms with Crippen molar-refractivity contribution in [2.24, 2.45) is 0 Å². The van der Waals surface area contributed by atoms with Crippen molar-refractivity contribution >= 4 is 21.6 Å². The second kappa shape index (κ2) is 5.49. The van der Waals surface area contributed by atoms with E-state index in [9.17, 15) is 10.1 Å². The molecule has 0 unspecified atom stereocenters. The molecule has 1 aromatic heterocycles. The van der Waals surface area contributed by atoms with Crippen molar-refractivity contribution in [1.29, 1.82) is 0 Å². The van der Waals surface area contributed by atoms with Crippen LogP contribution in [0.5, 0.6) is 0 Å². The highest BCUT2D eigenvalue weighted by molar-refractivity contribution is 9.10. The molecule has 0 atom stereocenters. The van der Waals surface area contributed by atoms with Crippen LogP contribution >= 0.6 is 15.9 Å². The van der Waals surface area contributed by atoms with Gasteiger partial charge in [0.05, 0.1) is 4.92 Å². The number of halogens is 1. The molecule has 0 bridgehead atoms. The Morgan fingerprint density at radius 2 is 1.67 bits per heavy atom. The molecule has 3 rings (SSSR count). The Balaban J connectivity index is 2.00. The number of aromatic nitrogens is 1. The van der Waals surface area contributed by atoms with Crippen molar-refractivity contribution < 1.29 is 9.34 Å². The van der Waals surface area contributed by atoms with E-state index in [4.69, 9.17) is 4.42 Å². The van der Waals surface area contributed by atoms with E-state index in [1.165, 1.54) is 12.1 Å². The second-order valence-corrected chi connectivity index (χ2v) is 5.06. The average Bonchev–Trinajstić information content (AvgIpc) is 2.90. The highest BCUT2D eigenvalue weighted by atomic mass is 79.9. The fourth-order valence-electron chi connectivity index (χ4n) is 1.92. The van der Waals surface area contributed by atoms with Crippen LogP contribution in [-0.2, 0) is 0 Å². The first-order valence-corrected chi connectivity index (χ1v) is 6.91. The van der Waals surface area contributed by atoms with Crippen LogP contribution in [0.3, 0.4) is 0 Å². The zero-order chi connectivity index (χ0) is 14.8. The molecule has 104 valence electrons. The Hall–Kier alpha value is -2.47. The maximum Gasteiger partial charge on any atom is 0.269 e. The summed E-state index contributed by atoms with van der Waals surface area (Å²) < 4.78 is 6.32. The molecule has 0 N–H and O–H groups in total. The number of hydrogen-bond donors (Lipinski definition) is 0. The fourth-order valence-corrected chi connectivity index (χ4v) is 2.39. The van der Waals surface area contributed by atoms with Crippen molar-refractivity contribution in [2.75, 3.05) is 0 Å². The van der Waals surface area contributed by atoms with Crippen LogP contribution in [-0.4, -0.2) is 9.91 Å². The van der Waals surface area contributed by atoms with Gasteiger partial charge < -0.3 is 4.42 Å². The summed E-state index contributed by atoms with van der Waals surface area (Å²) in [6.45, 7) is 0. The van der Waals surface area contributed by atoms with Crippen LogP contribution < -0.4 is 0 Å². The Labute approximate surface area is 128 Å². The topological polar surface area (TPSA) is 69.2 Å². The molecule has 3 aromatic rings. The van der Waals surface area contributed by atoms with Crippen molar-refractivity contribution in [1.82, 2.24) is 4.98 Å². The first kappa shape index (κ1) is 13.5. The van der Waals surface area contributed by atoms with Gasteiger partial charge in [-0.2, -0.15) is 0 Å². The van der Waals surface area contributed by atoms with Gasteiger partial charge in [-0.1, -0.05) is 18.2 Å². The molecular weight excluding hydrogens is 336 g/mol. The molecule has 5 nitrogen and oxygen atoms in total. The van der Waals surface area contributed by atoms with Crippen molar-refractivity contribution in [3.8, 4) is 22.8 Å². The number of nitrogens with zero attached hydrogens (tertiary/aromatic N) is 2. The van der Waals surface area contributed by atoms with Gasteiger partial charge in [0.2, 0.25) is 5.89 Å². The van der Waals surface area contributed by atoms with Gasteiger partial charge in [-0.25, -0.2) is 4.98 Å². The first-order valence-electron chi connectivity index (χ1n) is 6.12. The lowest BCUT2D eigenvalue weighted by molar-refractivity contribution is -0.384. The summed E-state index contributed by atoms with van der Waals surface area (Å²) in [6, 6.07) is 15.7. The first-order chi connectivity index (χ1) is 10.1. The van der Waals surface area contributed by atoms with Gasteiger partial charge in [0.25, 0.3) is 5.69 Å². The second-order valence-electron chi connectivity index (χ2n) is 4.31. The van der Waals surface area contributed by atoms with E-state index in [2.05, 4.69) is 20.9 Å². The number of benzene rings is 2. The van der Waals surface area contributed by atoms with Crippen LogP contribution in [0.15, 0.2) is 63.6 Å². The highest BCUT2D eigenvalue weighted by Gasteiger charge is 2.15. The van der Waals surface area contributed by atoms with Gasteiger partial charge in [-0.3, -0.25) is 10.1 Å². The van der Waals surface area contributed by atoms with Gasteiger partial charge in [-0.15, -0.1) is 0 Å². The predicted octanol–water partition coefficient (Wildman–Crippen LogP) is 4.68. The fraction of sp³-hybridized carbons (Fsp3) is 0. The van der Waals surface area contributed by atoms with Gasteiger partial charge in [0, 0.05) is 23.3 Å². The minimum absolute atomic E-state index is 0.0395. The van der Waals surface area contributed by atoms with Crippen LogP contribution in [0.4, 0.5) is 5.69 Å². The molecule has 0 aliphatic heterocycles. The Kier molecular flexibility index (Phi) is 3.53. The molecule has 1 heterocycles. The SMILES string of the molecule is O=[N+]([O-])c1ccc(-c2oc(-c3ccccc3)nc2Br)cc1. The molecule has 0 amide bonds. The molecule has 6 heteroatoms. The number of nitro benzene ring substituents is 1. The van der Waals surface area contributed by atoms with E-state index in [1.807, 2.05) is 30.3 Å². The molecular formula is C15H9BrN2O3. The molecule has 2 aromatic carbocycles. The van der Waals surface area contributed by atoms with E-state index in [0.717, 1.165) is 11.1 Å². The van der Waals surface area contributed by atoms with E-state index in [-0.39, 0.29) is 5.69 Å². The van der Waals surface area contributed by atoms with Crippen molar-refractivity contribution in [3.05, 3.63) is 69.3 Å². The normalized spacial score (nSPS) is 10.5.